The Hall–Kier alpha value is -2.00. The van der Waals surface area contributed by atoms with Crippen molar-refractivity contribution in [1.82, 2.24) is 0 Å². The highest BCUT2D eigenvalue weighted by Crippen LogP contribution is 2.23. The number of hydrogen-bond donors (Lipinski definition) is 0. The molecule has 0 atom stereocenters. The molecule has 0 aliphatic heterocycles. The molecule has 0 aliphatic rings. The van der Waals surface area contributed by atoms with Gasteiger partial charge in [-0.25, -0.2) is 0 Å². The molecule has 0 nitrogen and oxygen atoms in total. The van der Waals surface area contributed by atoms with Crippen molar-refractivity contribution < 1.29 is 0 Å². The van der Waals surface area contributed by atoms with Crippen LogP contribution in [0.5, 0.6) is 0 Å². The third-order valence-corrected chi connectivity index (χ3v) is 2.55. The van der Waals surface area contributed by atoms with E-state index in [1.807, 2.05) is 19.1 Å². The van der Waals surface area contributed by atoms with Gasteiger partial charge in [0.1, 0.15) is 0 Å². The van der Waals surface area contributed by atoms with Gasteiger partial charge in [-0.15, -0.1) is 5.92 Å². The molecule has 0 spiro atoms. The molecule has 0 fully saturated rings. The Bertz CT molecular complexity index is 446. The van der Waals surface area contributed by atoms with Crippen molar-refractivity contribution in [2.45, 2.75) is 12.8 Å². The van der Waals surface area contributed by atoms with Crippen molar-refractivity contribution in [3.63, 3.8) is 0 Å². The Morgan fingerprint density at radius 3 is 1.56 bits per heavy atom. The number of hydrogen-bond acceptors (Lipinski definition) is 0. The molecule has 16 heavy (non-hydrogen) atoms. The van der Waals surface area contributed by atoms with Gasteiger partial charge in [-0.2, -0.15) is 0 Å². The fraction of sp³-hybridized carbons (Fsp3) is 0.125. The van der Waals surface area contributed by atoms with Gasteiger partial charge in [0.2, 0.25) is 0 Å². The molecule has 0 unspecified atom stereocenters. The Morgan fingerprint density at radius 1 is 0.750 bits per heavy atom. The van der Waals surface area contributed by atoms with Gasteiger partial charge in [0, 0.05) is 0 Å². The fourth-order valence-electron chi connectivity index (χ4n) is 1.79. The van der Waals surface area contributed by atoms with Crippen LogP contribution in [0.15, 0.2) is 60.7 Å². The zero-order chi connectivity index (χ0) is 11.2. The lowest BCUT2D eigenvalue weighted by Crippen LogP contribution is -1.97. The molecule has 0 amide bonds. The SMILES string of the molecule is CC#CC(c1ccccc1)c1ccccc1. The molecule has 2 aromatic carbocycles. The molecular weight excluding hydrogens is 192 g/mol. The Morgan fingerprint density at radius 2 is 1.19 bits per heavy atom. The zero-order valence-electron chi connectivity index (χ0n) is 9.35. The molecule has 0 aromatic heterocycles. The molecule has 0 heterocycles. The predicted molar refractivity (Wildman–Crippen MR) is 68.2 cm³/mol. The van der Waals surface area contributed by atoms with Gasteiger partial charge >= 0.3 is 0 Å². The molecule has 0 radical (unpaired) electrons. The summed E-state index contributed by atoms with van der Waals surface area (Å²) in [6.07, 6.45) is 0. The Balaban J connectivity index is 2.42. The van der Waals surface area contributed by atoms with E-state index >= 15 is 0 Å². The molecule has 78 valence electrons. The van der Waals surface area contributed by atoms with Crippen molar-refractivity contribution >= 4 is 0 Å². The van der Waals surface area contributed by atoms with Crippen molar-refractivity contribution in [2.75, 3.05) is 0 Å². The first-order chi connectivity index (χ1) is 7.92. The van der Waals surface area contributed by atoms with Gasteiger partial charge < -0.3 is 0 Å². The van der Waals surface area contributed by atoms with Crippen LogP contribution in [0.25, 0.3) is 0 Å². The van der Waals surface area contributed by atoms with Crippen LogP contribution in [-0.4, -0.2) is 0 Å². The number of rotatable bonds is 2. The van der Waals surface area contributed by atoms with E-state index in [0.717, 1.165) is 0 Å². The molecule has 0 saturated carbocycles. The van der Waals surface area contributed by atoms with Crippen LogP contribution < -0.4 is 0 Å². The van der Waals surface area contributed by atoms with Crippen LogP contribution in [0.4, 0.5) is 0 Å². The Labute approximate surface area is 96.9 Å². The second kappa shape index (κ2) is 5.19. The van der Waals surface area contributed by atoms with E-state index in [-0.39, 0.29) is 5.92 Å². The lowest BCUT2D eigenvalue weighted by Gasteiger charge is -2.11. The molecule has 0 N–H and O–H groups in total. The van der Waals surface area contributed by atoms with E-state index < -0.39 is 0 Å². The lowest BCUT2D eigenvalue weighted by atomic mass is 9.92. The van der Waals surface area contributed by atoms with Crippen LogP contribution in [-0.2, 0) is 0 Å². The summed E-state index contributed by atoms with van der Waals surface area (Å²) in [6, 6.07) is 20.8. The van der Waals surface area contributed by atoms with Gasteiger partial charge in [-0.3, -0.25) is 0 Å². The zero-order valence-corrected chi connectivity index (χ0v) is 9.35. The van der Waals surface area contributed by atoms with E-state index in [1.165, 1.54) is 11.1 Å². The first-order valence-electron chi connectivity index (χ1n) is 5.44. The minimum atomic E-state index is 0.187. The van der Waals surface area contributed by atoms with Gasteiger partial charge in [0.15, 0.2) is 0 Å². The van der Waals surface area contributed by atoms with Gasteiger partial charge in [-0.1, -0.05) is 66.6 Å². The highest BCUT2D eigenvalue weighted by atomic mass is 14.1. The molecule has 2 aromatic rings. The van der Waals surface area contributed by atoms with Crippen LogP contribution in [0.2, 0.25) is 0 Å². The standard InChI is InChI=1S/C16H14/c1-2-9-16(14-10-5-3-6-11-14)15-12-7-4-8-13-15/h3-8,10-13,16H,1H3. The average molecular weight is 206 g/mol. The van der Waals surface area contributed by atoms with Gasteiger partial charge in [0.25, 0.3) is 0 Å². The minimum Gasteiger partial charge on any atom is -0.106 e. The normalized spacial score (nSPS) is 9.62. The smallest absolute Gasteiger partial charge is 0.0702 e. The maximum Gasteiger partial charge on any atom is 0.0702 e. The third-order valence-electron chi connectivity index (χ3n) is 2.55. The minimum absolute atomic E-state index is 0.187. The molecule has 0 saturated heterocycles. The Kier molecular flexibility index (Phi) is 3.41. The highest BCUT2D eigenvalue weighted by Gasteiger charge is 2.09. The summed E-state index contributed by atoms with van der Waals surface area (Å²) >= 11 is 0. The molecule has 0 aliphatic carbocycles. The largest absolute Gasteiger partial charge is 0.106 e. The molecule has 0 heteroatoms. The van der Waals surface area contributed by atoms with E-state index in [2.05, 4.69) is 60.4 Å². The number of benzene rings is 2. The summed E-state index contributed by atoms with van der Waals surface area (Å²) in [5.74, 6) is 6.47. The lowest BCUT2D eigenvalue weighted by molar-refractivity contribution is 1.06. The summed E-state index contributed by atoms with van der Waals surface area (Å²) < 4.78 is 0. The first kappa shape index (κ1) is 10.5. The van der Waals surface area contributed by atoms with Crippen molar-refractivity contribution in [3.05, 3.63) is 71.8 Å². The summed E-state index contributed by atoms with van der Waals surface area (Å²) in [7, 11) is 0. The first-order valence-corrected chi connectivity index (χ1v) is 5.44. The third kappa shape index (κ3) is 2.32. The van der Waals surface area contributed by atoms with Crippen LogP contribution in [0.1, 0.15) is 24.0 Å². The quantitative estimate of drug-likeness (QED) is 0.655. The van der Waals surface area contributed by atoms with Gasteiger partial charge in [-0.05, 0) is 18.1 Å². The van der Waals surface area contributed by atoms with E-state index in [9.17, 15) is 0 Å². The highest BCUT2D eigenvalue weighted by molar-refractivity contribution is 5.39. The van der Waals surface area contributed by atoms with E-state index in [4.69, 9.17) is 0 Å². The average Bonchev–Trinajstić information content (AvgIpc) is 2.38. The maximum absolute atomic E-state index is 3.27. The van der Waals surface area contributed by atoms with E-state index in [1.54, 1.807) is 0 Å². The second-order valence-electron chi connectivity index (χ2n) is 3.65. The summed E-state index contributed by atoms with van der Waals surface area (Å²) in [4.78, 5) is 0. The fourth-order valence-corrected chi connectivity index (χ4v) is 1.79. The summed E-state index contributed by atoms with van der Waals surface area (Å²) in [6.45, 7) is 1.89. The van der Waals surface area contributed by atoms with Gasteiger partial charge in [0.05, 0.1) is 5.92 Å². The molecule has 0 bridgehead atoms. The van der Waals surface area contributed by atoms with Crippen molar-refractivity contribution in [2.24, 2.45) is 0 Å². The molecular formula is C16H14. The predicted octanol–water partition coefficient (Wildman–Crippen LogP) is 3.84. The monoisotopic (exact) mass is 206 g/mol. The summed E-state index contributed by atoms with van der Waals surface area (Å²) in [5.41, 5.74) is 2.51. The van der Waals surface area contributed by atoms with Crippen molar-refractivity contribution in [1.29, 1.82) is 0 Å². The van der Waals surface area contributed by atoms with Crippen LogP contribution in [0, 0.1) is 11.8 Å². The molecule has 2 rings (SSSR count). The summed E-state index contributed by atoms with van der Waals surface area (Å²) in [5, 5.41) is 0. The second-order valence-corrected chi connectivity index (χ2v) is 3.65. The van der Waals surface area contributed by atoms with Crippen LogP contribution >= 0.6 is 0 Å². The maximum atomic E-state index is 3.27. The van der Waals surface area contributed by atoms with Crippen molar-refractivity contribution in [3.8, 4) is 11.8 Å². The van der Waals surface area contributed by atoms with Crippen LogP contribution in [0.3, 0.4) is 0 Å². The topological polar surface area (TPSA) is 0 Å². The van der Waals surface area contributed by atoms with E-state index in [0.29, 0.717) is 0 Å².